The van der Waals surface area contributed by atoms with E-state index in [1.807, 2.05) is 19.2 Å². The molecule has 0 aromatic carbocycles. The van der Waals surface area contributed by atoms with Gasteiger partial charge in [0.2, 0.25) is 0 Å². The molecule has 18 heavy (non-hydrogen) atoms. The fraction of sp³-hybridized carbons (Fsp3) is 0.643. The summed E-state index contributed by atoms with van der Waals surface area (Å²) in [5, 5.41) is 3.84. The van der Waals surface area contributed by atoms with Gasteiger partial charge in [-0.2, -0.15) is 0 Å². The molecule has 0 amide bonds. The van der Waals surface area contributed by atoms with Gasteiger partial charge in [-0.05, 0) is 51.5 Å². The van der Waals surface area contributed by atoms with E-state index in [4.69, 9.17) is 11.6 Å². The summed E-state index contributed by atoms with van der Waals surface area (Å²) in [7, 11) is 2.02. The molecule has 1 aliphatic rings. The van der Waals surface area contributed by atoms with Gasteiger partial charge in [0.05, 0.1) is 5.69 Å². The third-order valence-corrected chi connectivity index (χ3v) is 3.83. The van der Waals surface area contributed by atoms with Gasteiger partial charge in [0.25, 0.3) is 0 Å². The zero-order valence-electron chi connectivity index (χ0n) is 11.0. The number of halogens is 1. The van der Waals surface area contributed by atoms with Crippen LogP contribution < -0.4 is 5.32 Å². The number of likely N-dealkylation sites (tertiary alicyclic amines) is 1. The van der Waals surface area contributed by atoms with E-state index in [0.717, 1.165) is 18.8 Å². The first-order valence-electron chi connectivity index (χ1n) is 6.79. The molecular weight excluding hydrogens is 246 g/mol. The van der Waals surface area contributed by atoms with Gasteiger partial charge in [0, 0.05) is 12.6 Å². The maximum Gasteiger partial charge on any atom is 0.129 e. The van der Waals surface area contributed by atoms with E-state index < -0.39 is 0 Å². The Kier molecular flexibility index (Phi) is 5.42. The number of hydrogen-bond donors (Lipinski definition) is 1. The minimum Gasteiger partial charge on any atom is -0.320 e. The molecule has 1 aliphatic heterocycles. The smallest absolute Gasteiger partial charge is 0.129 e. The second kappa shape index (κ2) is 7.07. The van der Waals surface area contributed by atoms with Crippen molar-refractivity contribution in [2.45, 2.75) is 38.3 Å². The summed E-state index contributed by atoms with van der Waals surface area (Å²) in [4.78, 5) is 6.95. The van der Waals surface area contributed by atoms with Crippen LogP contribution in [-0.4, -0.2) is 36.1 Å². The highest BCUT2D eigenvalue weighted by Gasteiger charge is 2.22. The monoisotopic (exact) mass is 267 g/mol. The van der Waals surface area contributed by atoms with Crippen molar-refractivity contribution in [2.75, 3.05) is 20.1 Å². The van der Waals surface area contributed by atoms with Gasteiger partial charge in [-0.1, -0.05) is 24.1 Å². The van der Waals surface area contributed by atoms with E-state index >= 15 is 0 Å². The lowest BCUT2D eigenvalue weighted by Crippen LogP contribution is -2.40. The van der Waals surface area contributed by atoms with Crippen LogP contribution in [0.1, 0.15) is 31.4 Å². The molecule has 2 heterocycles. The Bertz CT molecular complexity index is 370. The first kappa shape index (κ1) is 13.8. The predicted octanol–water partition coefficient (Wildman–Crippen LogP) is 2.70. The molecule has 4 heteroatoms. The van der Waals surface area contributed by atoms with E-state index in [0.29, 0.717) is 11.2 Å². The van der Waals surface area contributed by atoms with Crippen LogP contribution in [0, 0.1) is 0 Å². The van der Waals surface area contributed by atoms with Crippen LogP contribution in [0.4, 0.5) is 0 Å². The molecule has 1 aromatic heterocycles. The average Bonchev–Trinajstić information content (AvgIpc) is 2.38. The van der Waals surface area contributed by atoms with Gasteiger partial charge in [-0.25, -0.2) is 4.98 Å². The maximum atomic E-state index is 5.94. The van der Waals surface area contributed by atoms with E-state index in [-0.39, 0.29) is 0 Å². The van der Waals surface area contributed by atoms with Crippen LogP contribution in [0.3, 0.4) is 0 Å². The van der Waals surface area contributed by atoms with Gasteiger partial charge in [0.1, 0.15) is 5.15 Å². The number of hydrogen-bond acceptors (Lipinski definition) is 3. The van der Waals surface area contributed by atoms with Gasteiger partial charge in [-0.15, -0.1) is 0 Å². The third-order valence-electron chi connectivity index (χ3n) is 3.61. The van der Waals surface area contributed by atoms with Crippen molar-refractivity contribution >= 4 is 11.6 Å². The van der Waals surface area contributed by atoms with Gasteiger partial charge in [0.15, 0.2) is 0 Å². The molecule has 0 saturated carbocycles. The largest absolute Gasteiger partial charge is 0.320 e. The molecule has 0 radical (unpaired) electrons. The van der Waals surface area contributed by atoms with Crippen molar-refractivity contribution in [2.24, 2.45) is 0 Å². The molecule has 1 N–H and O–H groups in total. The Balaban J connectivity index is 1.96. The molecule has 1 saturated heterocycles. The lowest BCUT2D eigenvalue weighted by Gasteiger charge is -2.35. The van der Waals surface area contributed by atoms with Crippen molar-refractivity contribution in [3.63, 3.8) is 0 Å². The van der Waals surface area contributed by atoms with Crippen molar-refractivity contribution in [3.05, 3.63) is 29.0 Å². The Labute approximate surface area is 115 Å². The average molecular weight is 268 g/mol. The number of pyridine rings is 1. The summed E-state index contributed by atoms with van der Waals surface area (Å²) in [6.07, 6.45) is 5.18. The van der Waals surface area contributed by atoms with E-state index in [1.54, 1.807) is 0 Å². The SMILES string of the molecule is CNCCC1CCCCN1Cc1cccc(Cl)n1. The Hall–Kier alpha value is -0.640. The normalized spacial score (nSPS) is 21.1. The summed E-state index contributed by atoms with van der Waals surface area (Å²) in [5.41, 5.74) is 1.08. The summed E-state index contributed by atoms with van der Waals surface area (Å²) in [5.74, 6) is 0. The fourth-order valence-electron chi connectivity index (χ4n) is 2.65. The zero-order valence-corrected chi connectivity index (χ0v) is 11.8. The molecular formula is C14H22ClN3. The molecule has 100 valence electrons. The van der Waals surface area contributed by atoms with E-state index in [1.165, 1.54) is 32.2 Å². The van der Waals surface area contributed by atoms with E-state index in [2.05, 4.69) is 21.3 Å². The molecule has 0 aliphatic carbocycles. The number of nitrogens with zero attached hydrogens (tertiary/aromatic N) is 2. The second-order valence-electron chi connectivity index (χ2n) is 4.96. The highest BCUT2D eigenvalue weighted by atomic mass is 35.5. The Morgan fingerprint density at radius 3 is 3.11 bits per heavy atom. The molecule has 3 nitrogen and oxygen atoms in total. The lowest BCUT2D eigenvalue weighted by molar-refractivity contribution is 0.131. The number of aromatic nitrogens is 1. The molecule has 1 atom stereocenters. The molecule has 1 aromatic rings. The molecule has 1 fully saturated rings. The maximum absolute atomic E-state index is 5.94. The van der Waals surface area contributed by atoms with Crippen molar-refractivity contribution in [1.29, 1.82) is 0 Å². The topological polar surface area (TPSA) is 28.2 Å². The van der Waals surface area contributed by atoms with Gasteiger partial charge < -0.3 is 5.32 Å². The lowest BCUT2D eigenvalue weighted by atomic mass is 9.99. The van der Waals surface area contributed by atoms with Crippen molar-refractivity contribution in [3.8, 4) is 0 Å². The number of rotatable bonds is 5. The van der Waals surface area contributed by atoms with Crippen LogP contribution in [0.2, 0.25) is 5.15 Å². The highest BCUT2D eigenvalue weighted by Crippen LogP contribution is 2.21. The summed E-state index contributed by atoms with van der Waals surface area (Å²) in [6.45, 7) is 3.20. The summed E-state index contributed by atoms with van der Waals surface area (Å²) >= 11 is 5.94. The first-order chi connectivity index (χ1) is 8.79. The highest BCUT2D eigenvalue weighted by molar-refractivity contribution is 6.29. The van der Waals surface area contributed by atoms with Crippen LogP contribution >= 0.6 is 11.6 Å². The summed E-state index contributed by atoms with van der Waals surface area (Å²) < 4.78 is 0. The van der Waals surface area contributed by atoms with Crippen molar-refractivity contribution < 1.29 is 0 Å². The minimum atomic E-state index is 0.594. The number of nitrogens with one attached hydrogen (secondary N) is 1. The zero-order chi connectivity index (χ0) is 12.8. The van der Waals surface area contributed by atoms with Gasteiger partial charge >= 0.3 is 0 Å². The fourth-order valence-corrected chi connectivity index (χ4v) is 2.83. The van der Waals surface area contributed by atoms with Crippen LogP contribution in [-0.2, 0) is 6.54 Å². The first-order valence-corrected chi connectivity index (χ1v) is 7.17. The minimum absolute atomic E-state index is 0.594. The molecule has 0 spiro atoms. The van der Waals surface area contributed by atoms with E-state index in [9.17, 15) is 0 Å². The third kappa shape index (κ3) is 3.94. The predicted molar refractivity (Wildman–Crippen MR) is 75.8 cm³/mol. The standard InChI is InChI=1S/C14H22ClN3/c1-16-9-8-13-6-2-3-10-18(13)11-12-5-4-7-14(15)17-12/h4-5,7,13,16H,2-3,6,8-11H2,1H3. The van der Waals surface area contributed by atoms with Gasteiger partial charge in [-0.3, -0.25) is 4.90 Å². The molecule has 1 unspecified atom stereocenters. The van der Waals surface area contributed by atoms with Crippen LogP contribution in [0.5, 0.6) is 0 Å². The quantitative estimate of drug-likeness (QED) is 0.832. The number of piperidine rings is 1. The Morgan fingerprint density at radius 2 is 2.33 bits per heavy atom. The second-order valence-corrected chi connectivity index (χ2v) is 5.35. The molecule has 2 rings (SSSR count). The molecule has 0 bridgehead atoms. The van der Waals surface area contributed by atoms with Crippen LogP contribution in [0.25, 0.3) is 0 Å². The Morgan fingerprint density at radius 1 is 1.44 bits per heavy atom. The van der Waals surface area contributed by atoms with Crippen molar-refractivity contribution in [1.82, 2.24) is 15.2 Å². The summed E-state index contributed by atoms with van der Waals surface area (Å²) in [6, 6.07) is 6.57. The van der Waals surface area contributed by atoms with Crippen LogP contribution in [0.15, 0.2) is 18.2 Å².